The number of anilines is 1. The molecule has 0 atom stereocenters. The zero-order valence-electron chi connectivity index (χ0n) is 18.1. The van der Waals surface area contributed by atoms with Crippen LogP contribution in [0.4, 0.5) is 5.69 Å². The van der Waals surface area contributed by atoms with Crippen LogP contribution in [0.15, 0.2) is 54.2 Å². The molecule has 0 aromatic heterocycles. The normalized spacial score (nSPS) is 17.0. The molecule has 0 aliphatic carbocycles. The van der Waals surface area contributed by atoms with E-state index in [4.69, 9.17) is 9.47 Å². The zero-order valence-corrected chi connectivity index (χ0v) is 18.1. The summed E-state index contributed by atoms with van der Waals surface area (Å²) in [6.07, 6.45) is 3.23. The minimum absolute atomic E-state index is 0.297. The van der Waals surface area contributed by atoms with Gasteiger partial charge in [0, 0.05) is 18.7 Å². The number of para-hydroxylation sites is 1. The molecule has 2 aromatic rings. The van der Waals surface area contributed by atoms with Gasteiger partial charge >= 0.3 is 0 Å². The van der Waals surface area contributed by atoms with Crippen LogP contribution in [-0.2, 0) is 20.7 Å². The van der Waals surface area contributed by atoms with Gasteiger partial charge in [-0.1, -0.05) is 43.7 Å². The van der Waals surface area contributed by atoms with Gasteiger partial charge in [0.1, 0.15) is 11.4 Å². The Morgan fingerprint density at radius 3 is 2.35 bits per heavy atom. The Morgan fingerprint density at radius 1 is 0.968 bits per heavy atom. The Morgan fingerprint density at radius 2 is 1.68 bits per heavy atom. The van der Waals surface area contributed by atoms with E-state index in [0.29, 0.717) is 54.6 Å². The van der Waals surface area contributed by atoms with Crippen molar-refractivity contribution in [1.82, 2.24) is 4.90 Å². The average molecular weight is 421 g/mol. The molecule has 2 heterocycles. The van der Waals surface area contributed by atoms with Gasteiger partial charge in [-0.05, 0) is 36.6 Å². The molecule has 6 nitrogen and oxygen atoms in total. The molecule has 0 unspecified atom stereocenters. The van der Waals surface area contributed by atoms with E-state index in [1.54, 1.807) is 7.11 Å². The third-order valence-electron chi connectivity index (χ3n) is 5.78. The second-order valence-electron chi connectivity index (χ2n) is 7.74. The number of unbranched alkanes of at least 4 members (excludes halogenated alkanes) is 1. The number of hydrogen-bond donors (Lipinski definition) is 0. The lowest BCUT2D eigenvalue weighted by Gasteiger charge is -2.29. The van der Waals surface area contributed by atoms with Crippen molar-refractivity contribution < 1.29 is 19.1 Å². The van der Waals surface area contributed by atoms with Crippen molar-refractivity contribution >= 4 is 23.1 Å². The smallest absolute Gasteiger partial charge is 0.282 e. The third-order valence-corrected chi connectivity index (χ3v) is 5.78. The maximum Gasteiger partial charge on any atom is 0.282 e. The molecule has 0 N–H and O–H groups in total. The summed E-state index contributed by atoms with van der Waals surface area (Å²) in [6, 6.07) is 15.1. The van der Waals surface area contributed by atoms with Gasteiger partial charge in [-0.25, -0.2) is 4.90 Å². The lowest BCUT2D eigenvalue weighted by Crippen LogP contribution is -2.40. The SMILES string of the molecule is CCCCc1ccc(N2C(=O)C(c3ccccc3OC)=C(N3CCOCC3)C2=O)cc1. The van der Waals surface area contributed by atoms with E-state index in [1.807, 2.05) is 53.4 Å². The highest BCUT2D eigenvalue weighted by Gasteiger charge is 2.43. The summed E-state index contributed by atoms with van der Waals surface area (Å²) < 4.78 is 11.0. The van der Waals surface area contributed by atoms with Crippen molar-refractivity contribution in [2.24, 2.45) is 0 Å². The maximum atomic E-state index is 13.6. The second-order valence-corrected chi connectivity index (χ2v) is 7.74. The maximum absolute atomic E-state index is 13.6. The molecule has 162 valence electrons. The van der Waals surface area contributed by atoms with Gasteiger partial charge in [0.05, 0.1) is 31.6 Å². The highest BCUT2D eigenvalue weighted by Crippen LogP contribution is 2.38. The van der Waals surface area contributed by atoms with Crippen molar-refractivity contribution in [3.8, 4) is 5.75 Å². The Kier molecular flexibility index (Phi) is 6.37. The molecule has 2 amide bonds. The van der Waals surface area contributed by atoms with Gasteiger partial charge < -0.3 is 14.4 Å². The Bertz CT molecular complexity index is 991. The fraction of sp³-hybridized carbons (Fsp3) is 0.360. The summed E-state index contributed by atoms with van der Waals surface area (Å²) in [5.74, 6) is -0.0485. The van der Waals surface area contributed by atoms with Crippen LogP contribution in [0.2, 0.25) is 0 Å². The first-order valence-electron chi connectivity index (χ1n) is 10.8. The summed E-state index contributed by atoms with van der Waals surface area (Å²) >= 11 is 0. The van der Waals surface area contributed by atoms with Crippen LogP contribution in [0.25, 0.3) is 5.57 Å². The number of carbonyl (C=O) groups is 2. The van der Waals surface area contributed by atoms with Gasteiger partial charge in [0.2, 0.25) is 0 Å². The summed E-state index contributed by atoms with van der Waals surface area (Å²) in [5, 5.41) is 0. The van der Waals surface area contributed by atoms with Gasteiger partial charge in [0.25, 0.3) is 11.8 Å². The van der Waals surface area contributed by atoms with Crippen LogP contribution in [-0.4, -0.2) is 50.1 Å². The van der Waals surface area contributed by atoms with E-state index < -0.39 is 0 Å². The number of rotatable bonds is 7. The van der Waals surface area contributed by atoms with Crippen molar-refractivity contribution in [1.29, 1.82) is 0 Å². The first kappa shape index (κ1) is 21.1. The predicted molar refractivity (Wildman–Crippen MR) is 120 cm³/mol. The Labute approximate surface area is 183 Å². The highest BCUT2D eigenvalue weighted by molar-refractivity contribution is 6.45. The molecule has 31 heavy (non-hydrogen) atoms. The van der Waals surface area contributed by atoms with Crippen LogP contribution in [0.5, 0.6) is 5.75 Å². The van der Waals surface area contributed by atoms with Gasteiger partial charge in [0.15, 0.2) is 0 Å². The molecule has 0 saturated carbocycles. The number of methoxy groups -OCH3 is 1. The fourth-order valence-electron chi connectivity index (χ4n) is 4.12. The largest absolute Gasteiger partial charge is 0.496 e. The van der Waals surface area contributed by atoms with E-state index in [9.17, 15) is 9.59 Å². The zero-order chi connectivity index (χ0) is 21.8. The lowest BCUT2D eigenvalue weighted by atomic mass is 10.0. The summed E-state index contributed by atoms with van der Waals surface area (Å²) in [6.45, 7) is 4.34. The molecule has 4 rings (SSSR count). The standard InChI is InChI=1S/C25H28N2O4/c1-3-4-7-18-10-12-19(13-11-18)27-24(28)22(20-8-5-6-9-21(20)30-2)23(25(27)29)26-14-16-31-17-15-26/h5-6,8-13H,3-4,7,14-17H2,1-2H3. The minimum atomic E-state index is -0.322. The van der Waals surface area contributed by atoms with E-state index in [0.717, 1.165) is 19.3 Å². The summed E-state index contributed by atoms with van der Waals surface area (Å²) in [4.78, 5) is 30.5. The van der Waals surface area contributed by atoms with E-state index in [1.165, 1.54) is 10.5 Å². The number of nitrogens with zero attached hydrogens (tertiary/aromatic N) is 2. The number of ether oxygens (including phenoxy) is 2. The molecular formula is C25H28N2O4. The topological polar surface area (TPSA) is 59.1 Å². The lowest BCUT2D eigenvalue weighted by molar-refractivity contribution is -0.121. The van der Waals surface area contributed by atoms with Crippen molar-refractivity contribution in [2.45, 2.75) is 26.2 Å². The highest BCUT2D eigenvalue weighted by atomic mass is 16.5. The molecule has 2 aromatic carbocycles. The first-order valence-corrected chi connectivity index (χ1v) is 10.8. The average Bonchev–Trinajstić information content (AvgIpc) is 3.08. The van der Waals surface area contributed by atoms with Crippen LogP contribution >= 0.6 is 0 Å². The van der Waals surface area contributed by atoms with Gasteiger partial charge in [-0.15, -0.1) is 0 Å². The number of amides is 2. The molecule has 2 aliphatic rings. The molecular weight excluding hydrogens is 392 g/mol. The van der Waals surface area contributed by atoms with Crippen LogP contribution in [0, 0.1) is 0 Å². The third kappa shape index (κ3) is 4.08. The fourth-order valence-corrected chi connectivity index (χ4v) is 4.12. The number of benzene rings is 2. The molecule has 2 aliphatic heterocycles. The summed E-state index contributed by atoms with van der Waals surface area (Å²) in [5.41, 5.74) is 3.24. The van der Waals surface area contributed by atoms with Crippen molar-refractivity contribution in [3.63, 3.8) is 0 Å². The molecule has 1 saturated heterocycles. The predicted octanol–water partition coefficient (Wildman–Crippen LogP) is 3.65. The van der Waals surface area contributed by atoms with Crippen molar-refractivity contribution in [2.75, 3.05) is 38.3 Å². The van der Waals surface area contributed by atoms with E-state index in [2.05, 4.69) is 6.92 Å². The quantitative estimate of drug-likeness (QED) is 0.640. The summed E-state index contributed by atoms with van der Waals surface area (Å²) in [7, 11) is 1.57. The van der Waals surface area contributed by atoms with Crippen LogP contribution in [0.1, 0.15) is 30.9 Å². The number of morpholine rings is 1. The number of imide groups is 1. The van der Waals surface area contributed by atoms with Crippen LogP contribution < -0.4 is 9.64 Å². The molecule has 1 fully saturated rings. The van der Waals surface area contributed by atoms with Crippen LogP contribution in [0.3, 0.4) is 0 Å². The molecule has 6 heteroatoms. The molecule has 0 radical (unpaired) electrons. The van der Waals surface area contributed by atoms with Gasteiger partial charge in [-0.3, -0.25) is 9.59 Å². The van der Waals surface area contributed by atoms with Gasteiger partial charge in [-0.2, -0.15) is 0 Å². The minimum Gasteiger partial charge on any atom is -0.496 e. The Balaban J connectivity index is 1.75. The van der Waals surface area contributed by atoms with E-state index in [-0.39, 0.29) is 11.8 Å². The van der Waals surface area contributed by atoms with E-state index >= 15 is 0 Å². The first-order chi connectivity index (χ1) is 15.2. The monoisotopic (exact) mass is 420 g/mol. The molecule has 0 bridgehead atoms. The number of aryl methyl sites for hydroxylation is 1. The number of carbonyl (C=O) groups excluding carboxylic acids is 2. The number of hydrogen-bond acceptors (Lipinski definition) is 5. The second kappa shape index (κ2) is 9.35. The molecule has 0 spiro atoms. The van der Waals surface area contributed by atoms with Crippen molar-refractivity contribution in [3.05, 3.63) is 65.4 Å². The Hall–Kier alpha value is -3.12.